The van der Waals surface area contributed by atoms with Crippen molar-refractivity contribution in [1.82, 2.24) is 0 Å². The molecule has 0 atom stereocenters. The Labute approximate surface area is 148 Å². The van der Waals surface area contributed by atoms with Gasteiger partial charge in [-0.05, 0) is 24.6 Å². The SMILES string of the molecule is COc1cccc(CC2=NCCc3c2ccc(OC)c3OC)c1OC. The number of nitrogens with zero attached hydrogens (tertiary/aromatic N) is 1. The van der Waals surface area contributed by atoms with Gasteiger partial charge in [0.25, 0.3) is 0 Å². The number of fused-ring (bicyclic) bond motifs is 1. The van der Waals surface area contributed by atoms with Gasteiger partial charge in [-0.15, -0.1) is 0 Å². The third-order valence-corrected chi connectivity index (χ3v) is 4.47. The van der Waals surface area contributed by atoms with Crippen LogP contribution < -0.4 is 18.9 Å². The molecule has 0 amide bonds. The second-order valence-electron chi connectivity index (χ2n) is 5.74. The van der Waals surface area contributed by atoms with Crippen molar-refractivity contribution in [3.63, 3.8) is 0 Å². The van der Waals surface area contributed by atoms with Crippen LogP contribution in [0.2, 0.25) is 0 Å². The van der Waals surface area contributed by atoms with Crippen molar-refractivity contribution in [3.05, 3.63) is 47.0 Å². The summed E-state index contributed by atoms with van der Waals surface area (Å²) in [6.07, 6.45) is 1.51. The number of methoxy groups -OCH3 is 4. The third kappa shape index (κ3) is 3.14. The Morgan fingerprint density at radius 3 is 2.24 bits per heavy atom. The molecule has 0 spiro atoms. The highest BCUT2D eigenvalue weighted by Gasteiger charge is 2.22. The van der Waals surface area contributed by atoms with Crippen molar-refractivity contribution >= 4 is 5.71 Å². The summed E-state index contributed by atoms with van der Waals surface area (Å²) in [7, 11) is 6.63. The van der Waals surface area contributed by atoms with Crippen molar-refractivity contribution < 1.29 is 18.9 Å². The van der Waals surface area contributed by atoms with E-state index in [1.165, 1.54) is 0 Å². The molecule has 3 rings (SSSR count). The van der Waals surface area contributed by atoms with E-state index in [1.54, 1.807) is 28.4 Å². The van der Waals surface area contributed by atoms with Crippen LogP contribution in [0.4, 0.5) is 0 Å². The molecule has 0 radical (unpaired) electrons. The van der Waals surface area contributed by atoms with Crippen molar-refractivity contribution in [2.75, 3.05) is 35.0 Å². The van der Waals surface area contributed by atoms with Crippen LogP contribution in [0.25, 0.3) is 0 Å². The number of rotatable bonds is 6. The average Bonchev–Trinajstić information content (AvgIpc) is 2.66. The summed E-state index contributed by atoms with van der Waals surface area (Å²) in [6.45, 7) is 0.734. The van der Waals surface area contributed by atoms with Gasteiger partial charge in [0.2, 0.25) is 0 Å². The first-order valence-corrected chi connectivity index (χ1v) is 8.20. The fraction of sp³-hybridized carbons (Fsp3) is 0.350. The van der Waals surface area contributed by atoms with E-state index in [0.717, 1.165) is 58.4 Å². The van der Waals surface area contributed by atoms with E-state index in [0.29, 0.717) is 6.42 Å². The molecule has 0 aliphatic carbocycles. The zero-order valence-corrected chi connectivity index (χ0v) is 15.1. The monoisotopic (exact) mass is 341 g/mol. The van der Waals surface area contributed by atoms with Crippen molar-refractivity contribution in [2.24, 2.45) is 4.99 Å². The minimum atomic E-state index is 0.670. The number of benzene rings is 2. The standard InChI is InChI=1S/C20H23NO4/c1-22-17-7-5-6-13(19(17)24-3)12-16-14-8-9-18(23-2)20(25-4)15(14)10-11-21-16/h5-9H,10-12H2,1-4H3. The van der Waals surface area contributed by atoms with E-state index in [2.05, 4.69) is 6.07 Å². The molecule has 0 saturated carbocycles. The van der Waals surface area contributed by atoms with E-state index >= 15 is 0 Å². The maximum absolute atomic E-state index is 5.59. The average molecular weight is 341 g/mol. The number of para-hydroxylation sites is 1. The van der Waals surface area contributed by atoms with Gasteiger partial charge in [0.15, 0.2) is 23.0 Å². The highest BCUT2D eigenvalue weighted by Crippen LogP contribution is 2.37. The van der Waals surface area contributed by atoms with Gasteiger partial charge in [0, 0.05) is 35.4 Å². The molecule has 1 aliphatic heterocycles. The first-order valence-electron chi connectivity index (χ1n) is 8.20. The summed E-state index contributed by atoms with van der Waals surface area (Å²) >= 11 is 0. The number of hydrogen-bond donors (Lipinski definition) is 0. The maximum Gasteiger partial charge on any atom is 0.164 e. The summed E-state index contributed by atoms with van der Waals surface area (Å²) in [5, 5.41) is 0. The summed E-state index contributed by atoms with van der Waals surface area (Å²) in [5.41, 5.74) is 4.32. The van der Waals surface area contributed by atoms with Crippen LogP contribution >= 0.6 is 0 Å². The van der Waals surface area contributed by atoms with E-state index in [4.69, 9.17) is 23.9 Å². The summed E-state index contributed by atoms with van der Waals surface area (Å²) < 4.78 is 22.0. The number of hydrogen-bond acceptors (Lipinski definition) is 5. The predicted molar refractivity (Wildman–Crippen MR) is 97.9 cm³/mol. The molecule has 0 unspecified atom stereocenters. The summed E-state index contributed by atoms with van der Waals surface area (Å²) in [6, 6.07) is 9.89. The number of ether oxygens (including phenoxy) is 4. The first kappa shape index (κ1) is 17.1. The van der Waals surface area contributed by atoms with Crippen LogP contribution in [0.5, 0.6) is 23.0 Å². The van der Waals surface area contributed by atoms with Crippen LogP contribution in [-0.2, 0) is 12.8 Å². The lowest BCUT2D eigenvalue weighted by Crippen LogP contribution is -2.17. The molecule has 2 aromatic carbocycles. The molecule has 132 valence electrons. The second-order valence-corrected chi connectivity index (χ2v) is 5.74. The van der Waals surface area contributed by atoms with Crippen LogP contribution in [0.15, 0.2) is 35.3 Å². The van der Waals surface area contributed by atoms with E-state index < -0.39 is 0 Å². The maximum atomic E-state index is 5.59. The van der Waals surface area contributed by atoms with E-state index in [1.807, 2.05) is 24.3 Å². The van der Waals surface area contributed by atoms with Crippen LogP contribution in [0, 0.1) is 0 Å². The molecule has 25 heavy (non-hydrogen) atoms. The van der Waals surface area contributed by atoms with Gasteiger partial charge in [0.1, 0.15) is 0 Å². The Morgan fingerprint density at radius 1 is 0.840 bits per heavy atom. The fourth-order valence-corrected chi connectivity index (χ4v) is 3.32. The lowest BCUT2D eigenvalue weighted by molar-refractivity contribution is 0.351. The Hall–Kier alpha value is -2.69. The predicted octanol–water partition coefficient (Wildman–Crippen LogP) is 3.31. The molecule has 0 fully saturated rings. The van der Waals surface area contributed by atoms with Crippen LogP contribution in [0.3, 0.4) is 0 Å². The fourth-order valence-electron chi connectivity index (χ4n) is 3.32. The minimum Gasteiger partial charge on any atom is -0.493 e. The molecule has 5 heteroatoms. The third-order valence-electron chi connectivity index (χ3n) is 4.47. The van der Waals surface area contributed by atoms with Gasteiger partial charge in [-0.2, -0.15) is 0 Å². The Morgan fingerprint density at radius 2 is 1.56 bits per heavy atom. The van der Waals surface area contributed by atoms with E-state index in [-0.39, 0.29) is 0 Å². The second kappa shape index (κ2) is 7.47. The van der Waals surface area contributed by atoms with E-state index in [9.17, 15) is 0 Å². The highest BCUT2D eigenvalue weighted by atomic mass is 16.5. The number of aliphatic imine (C=N–C) groups is 1. The van der Waals surface area contributed by atoms with Gasteiger partial charge < -0.3 is 18.9 Å². The van der Waals surface area contributed by atoms with Crippen LogP contribution in [0.1, 0.15) is 16.7 Å². The normalized spacial score (nSPS) is 12.9. The van der Waals surface area contributed by atoms with Gasteiger partial charge in [-0.25, -0.2) is 0 Å². The molecule has 1 heterocycles. The Kier molecular flexibility index (Phi) is 5.12. The van der Waals surface area contributed by atoms with Gasteiger partial charge >= 0.3 is 0 Å². The Bertz CT molecular complexity index is 799. The lowest BCUT2D eigenvalue weighted by Gasteiger charge is -2.22. The highest BCUT2D eigenvalue weighted by molar-refractivity contribution is 6.05. The Balaban J connectivity index is 2.01. The van der Waals surface area contributed by atoms with Gasteiger partial charge in [0.05, 0.1) is 28.4 Å². The van der Waals surface area contributed by atoms with Crippen molar-refractivity contribution in [3.8, 4) is 23.0 Å². The molecule has 0 aromatic heterocycles. The first-order chi connectivity index (χ1) is 12.2. The van der Waals surface area contributed by atoms with Crippen molar-refractivity contribution in [2.45, 2.75) is 12.8 Å². The molecule has 5 nitrogen and oxygen atoms in total. The molecular weight excluding hydrogens is 318 g/mol. The quantitative estimate of drug-likeness (QED) is 0.809. The lowest BCUT2D eigenvalue weighted by atomic mass is 9.92. The smallest absolute Gasteiger partial charge is 0.164 e. The van der Waals surface area contributed by atoms with Gasteiger partial charge in [-0.3, -0.25) is 4.99 Å². The summed E-state index contributed by atoms with van der Waals surface area (Å²) in [5.74, 6) is 3.02. The topological polar surface area (TPSA) is 49.3 Å². The van der Waals surface area contributed by atoms with Gasteiger partial charge in [-0.1, -0.05) is 12.1 Å². The van der Waals surface area contributed by atoms with Crippen LogP contribution in [-0.4, -0.2) is 40.7 Å². The molecule has 2 aromatic rings. The molecule has 0 saturated heterocycles. The largest absolute Gasteiger partial charge is 0.493 e. The van der Waals surface area contributed by atoms with Crippen molar-refractivity contribution in [1.29, 1.82) is 0 Å². The minimum absolute atomic E-state index is 0.670. The summed E-state index contributed by atoms with van der Waals surface area (Å²) in [4.78, 5) is 4.75. The zero-order valence-electron chi connectivity index (χ0n) is 15.1. The zero-order chi connectivity index (χ0) is 17.8. The molecular formula is C20H23NO4. The molecule has 0 N–H and O–H groups in total. The molecule has 1 aliphatic rings. The molecule has 0 bridgehead atoms.